The van der Waals surface area contributed by atoms with Crippen molar-refractivity contribution < 1.29 is 9.53 Å². The van der Waals surface area contributed by atoms with Crippen LogP contribution in [0.3, 0.4) is 0 Å². The van der Waals surface area contributed by atoms with E-state index in [4.69, 9.17) is 4.74 Å². The molecule has 7 nitrogen and oxygen atoms in total. The molecule has 2 aromatic heterocycles. The molecule has 0 spiro atoms. The minimum absolute atomic E-state index is 0.0242. The van der Waals surface area contributed by atoms with E-state index in [1.807, 2.05) is 0 Å². The van der Waals surface area contributed by atoms with Crippen LogP contribution in [0, 0.1) is 0 Å². The van der Waals surface area contributed by atoms with E-state index in [0.717, 1.165) is 0 Å². The number of aromatic nitrogens is 4. The summed E-state index contributed by atoms with van der Waals surface area (Å²) < 4.78 is 6.10. The van der Waals surface area contributed by atoms with Crippen LogP contribution in [-0.2, 0) is 16.1 Å². The third-order valence-corrected chi connectivity index (χ3v) is 1.95. The first-order valence-corrected chi connectivity index (χ1v) is 4.77. The molecule has 0 aliphatic rings. The van der Waals surface area contributed by atoms with Crippen LogP contribution in [0.15, 0.2) is 17.3 Å². The van der Waals surface area contributed by atoms with E-state index < -0.39 is 5.97 Å². The van der Waals surface area contributed by atoms with Crippen LogP contribution >= 0.6 is 0 Å². The predicted octanol–water partition coefficient (Wildman–Crippen LogP) is -0.317. The maximum Gasteiger partial charge on any atom is 0.327 e. The minimum Gasteiger partial charge on any atom is -0.465 e. The van der Waals surface area contributed by atoms with Crippen molar-refractivity contribution in [1.82, 2.24) is 19.7 Å². The summed E-state index contributed by atoms with van der Waals surface area (Å²) in [5.41, 5.74) is 0.340. The lowest BCUT2D eigenvalue weighted by molar-refractivity contribution is -0.144. The van der Waals surface area contributed by atoms with Crippen LogP contribution in [0.1, 0.15) is 6.92 Å². The molecule has 7 heteroatoms. The zero-order chi connectivity index (χ0) is 11.5. The van der Waals surface area contributed by atoms with Crippen LogP contribution < -0.4 is 5.56 Å². The van der Waals surface area contributed by atoms with Gasteiger partial charge in [0.05, 0.1) is 19.1 Å². The van der Waals surface area contributed by atoms with Gasteiger partial charge in [0.15, 0.2) is 5.52 Å². The SMILES string of the molecule is CCOC(=O)Cn1cc2nc[nH]c(=O)c2n1. The number of nitrogens with one attached hydrogen (secondary N) is 1. The monoisotopic (exact) mass is 222 g/mol. The number of aromatic amines is 1. The average Bonchev–Trinajstić information content (AvgIpc) is 2.62. The third-order valence-electron chi connectivity index (χ3n) is 1.95. The van der Waals surface area contributed by atoms with Crippen molar-refractivity contribution in [3.05, 3.63) is 22.9 Å². The Balaban J connectivity index is 2.30. The van der Waals surface area contributed by atoms with E-state index in [9.17, 15) is 9.59 Å². The summed E-state index contributed by atoms with van der Waals surface area (Å²) in [6.45, 7) is 2.02. The van der Waals surface area contributed by atoms with Gasteiger partial charge < -0.3 is 9.72 Å². The van der Waals surface area contributed by atoms with Gasteiger partial charge in [-0.3, -0.25) is 14.3 Å². The normalized spacial score (nSPS) is 10.6. The first-order valence-electron chi connectivity index (χ1n) is 4.77. The molecule has 0 amide bonds. The summed E-state index contributed by atoms with van der Waals surface area (Å²) in [7, 11) is 0. The van der Waals surface area contributed by atoms with Gasteiger partial charge in [-0.15, -0.1) is 0 Å². The fraction of sp³-hybridized carbons (Fsp3) is 0.333. The summed E-state index contributed by atoms with van der Waals surface area (Å²) in [5, 5.41) is 3.94. The molecule has 0 aliphatic heterocycles. The van der Waals surface area contributed by atoms with Crippen LogP contribution in [0.2, 0.25) is 0 Å². The summed E-state index contributed by atoms with van der Waals surface area (Å²) in [4.78, 5) is 28.8. The van der Waals surface area contributed by atoms with Crippen LogP contribution in [0.5, 0.6) is 0 Å². The molecule has 0 unspecified atom stereocenters. The van der Waals surface area contributed by atoms with E-state index in [1.165, 1.54) is 17.2 Å². The molecule has 0 aromatic carbocycles. The van der Waals surface area contributed by atoms with E-state index in [2.05, 4.69) is 15.1 Å². The molecule has 0 atom stereocenters. The second-order valence-corrected chi connectivity index (χ2v) is 3.10. The number of rotatable bonds is 3. The number of hydrogen-bond acceptors (Lipinski definition) is 5. The highest BCUT2D eigenvalue weighted by Gasteiger charge is 2.08. The fourth-order valence-corrected chi connectivity index (χ4v) is 1.32. The Labute approximate surface area is 90.1 Å². The van der Waals surface area contributed by atoms with Crippen molar-refractivity contribution in [2.75, 3.05) is 6.61 Å². The molecule has 0 saturated carbocycles. The molecule has 0 radical (unpaired) electrons. The molecule has 2 heterocycles. The predicted molar refractivity (Wildman–Crippen MR) is 54.8 cm³/mol. The van der Waals surface area contributed by atoms with Gasteiger partial charge in [-0.1, -0.05) is 0 Å². The number of carbonyl (C=O) groups excluding carboxylic acids is 1. The lowest BCUT2D eigenvalue weighted by Gasteiger charge is -2.00. The molecule has 2 aromatic rings. The van der Waals surface area contributed by atoms with Crippen LogP contribution in [-0.4, -0.2) is 32.3 Å². The molecule has 16 heavy (non-hydrogen) atoms. The van der Waals surface area contributed by atoms with Crippen molar-refractivity contribution in [1.29, 1.82) is 0 Å². The molecule has 0 fully saturated rings. The van der Waals surface area contributed by atoms with Gasteiger partial charge in [-0.05, 0) is 6.92 Å². The Morgan fingerprint density at radius 3 is 3.12 bits per heavy atom. The number of hydrogen-bond donors (Lipinski definition) is 1. The van der Waals surface area contributed by atoms with E-state index in [-0.39, 0.29) is 17.6 Å². The molecular weight excluding hydrogens is 212 g/mol. The van der Waals surface area contributed by atoms with Gasteiger partial charge >= 0.3 is 5.97 Å². The average molecular weight is 222 g/mol. The zero-order valence-electron chi connectivity index (χ0n) is 8.64. The van der Waals surface area contributed by atoms with Crippen LogP contribution in [0.25, 0.3) is 11.0 Å². The van der Waals surface area contributed by atoms with E-state index in [0.29, 0.717) is 12.1 Å². The summed E-state index contributed by atoms with van der Waals surface area (Å²) in [6.07, 6.45) is 2.82. The van der Waals surface area contributed by atoms with Gasteiger partial charge in [0, 0.05) is 0 Å². The van der Waals surface area contributed by atoms with Gasteiger partial charge in [-0.25, -0.2) is 4.98 Å². The Morgan fingerprint density at radius 2 is 2.44 bits per heavy atom. The molecule has 0 bridgehead atoms. The third kappa shape index (κ3) is 1.92. The number of esters is 1. The maximum atomic E-state index is 11.3. The van der Waals surface area contributed by atoms with Crippen molar-refractivity contribution in [2.45, 2.75) is 13.5 Å². The van der Waals surface area contributed by atoms with Gasteiger partial charge in [0.25, 0.3) is 5.56 Å². The van der Waals surface area contributed by atoms with Crippen molar-refractivity contribution >= 4 is 17.0 Å². The molecular formula is C9H10N4O3. The molecule has 0 saturated heterocycles. The Morgan fingerprint density at radius 1 is 1.62 bits per heavy atom. The van der Waals surface area contributed by atoms with Crippen molar-refractivity contribution in [3.8, 4) is 0 Å². The second-order valence-electron chi connectivity index (χ2n) is 3.10. The number of H-pyrrole nitrogens is 1. The van der Waals surface area contributed by atoms with E-state index in [1.54, 1.807) is 6.92 Å². The Bertz CT molecular complexity index is 571. The van der Waals surface area contributed by atoms with E-state index >= 15 is 0 Å². The number of fused-ring (bicyclic) bond motifs is 1. The molecule has 1 N–H and O–H groups in total. The van der Waals surface area contributed by atoms with Crippen molar-refractivity contribution in [2.24, 2.45) is 0 Å². The topological polar surface area (TPSA) is 89.9 Å². The Hall–Kier alpha value is -2.18. The highest BCUT2D eigenvalue weighted by atomic mass is 16.5. The zero-order valence-corrected chi connectivity index (χ0v) is 8.64. The first kappa shape index (κ1) is 10.3. The molecule has 84 valence electrons. The lowest BCUT2D eigenvalue weighted by atomic mass is 10.5. The standard InChI is InChI=1S/C9H10N4O3/c1-2-16-7(14)4-13-3-6-8(12-13)9(15)11-5-10-6/h3,5H,2,4H2,1H3,(H,10,11,15). The summed E-state index contributed by atoms with van der Waals surface area (Å²) >= 11 is 0. The number of carbonyl (C=O) groups is 1. The minimum atomic E-state index is -0.397. The fourth-order valence-electron chi connectivity index (χ4n) is 1.32. The quantitative estimate of drug-likeness (QED) is 0.719. The molecule has 2 rings (SSSR count). The summed E-state index contributed by atoms with van der Waals surface area (Å²) in [5.74, 6) is -0.397. The number of nitrogens with zero attached hydrogens (tertiary/aromatic N) is 3. The van der Waals surface area contributed by atoms with Crippen LogP contribution in [0.4, 0.5) is 0 Å². The Kier molecular flexibility index (Phi) is 2.67. The lowest BCUT2D eigenvalue weighted by Crippen LogP contribution is -2.14. The summed E-state index contributed by atoms with van der Waals surface area (Å²) in [6, 6.07) is 0. The smallest absolute Gasteiger partial charge is 0.327 e. The van der Waals surface area contributed by atoms with Gasteiger partial charge in [-0.2, -0.15) is 5.10 Å². The molecule has 0 aliphatic carbocycles. The highest BCUT2D eigenvalue weighted by molar-refractivity contribution is 5.73. The second kappa shape index (κ2) is 4.13. The van der Waals surface area contributed by atoms with Crippen molar-refractivity contribution in [3.63, 3.8) is 0 Å². The highest BCUT2D eigenvalue weighted by Crippen LogP contribution is 2.02. The first-order chi connectivity index (χ1) is 7.70. The largest absolute Gasteiger partial charge is 0.465 e. The van der Waals surface area contributed by atoms with Gasteiger partial charge in [0.2, 0.25) is 0 Å². The maximum absolute atomic E-state index is 11.3. The number of ether oxygens (including phenoxy) is 1. The van der Waals surface area contributed by atoms with Gasteiger partial charge in [0.1, 0.15) is 12.1 Å².